The molecular formula is C5H9F3N2O3S. The van der Waals surface area contributed by atoms with Gasteiger partial charge in [0.1, 0.15) is 13.1 Å². The molecule has 0 saturated heterocycles. The molecule has 0 amide bonds. The minimum Gasteiger partial charge on any atom is -0.741 e. The van der Waals surface area contributed by atoms with E-state index in [1.54, 1.807) is 0 Å². The summed E-state index contributed by atoms with van der Waals surface area (Å²) in [5.74, 6) is 0. The van der Waals surface area contributed by atoms with Crippen LogP contribution in [0.1, 0.15) is 0 Å². The van der Waals surface area contributed by atoms with Gasteiger partial charge in [0.15, 0.2) is 10.1 Å². The summed E-state index contributed by atoms with van der Waals surface area (Å²) >= 11 is 0. The molecule has 1 heterocycles. The molecule has 0 aromatic heterocycles. The molecule has 9 heteroatoms. The predicted octanol–water partition coefficient (Wildman–Crippen LogP) is -0.688. The van der Waals surface area contributed by atoms with Gasteiger partial charge in [-0.05, 0) is 0 Å². The monoisotopic (exact) mass is 234 g/mol. The summed E-state index contributed by atoms with van der Waals surface area (Å²) < 4.78 is 61.0. The summed E-state index contributed by atoms with van der Waals surface area (Å²) in [6.45, 7) is 2.26. The van der Waals surface area contributed by atoms with Gasteiger partial charge in [-0.15, -0.1) is 0 Å². The lowest BCUT2D eigenvalue weighted by Gasteiger charge is -2.08. The van der Waals surface area contributed by atoms with Crippen LogP contribution in [0.3, 0.4) is 0 Å². The second-order valence-corrected chi connectivity index (χ2v) is 3.83. The Morgan fingerprint density at radius 2 is 1.93 bits per heavy atom. The van der Waals surface area contributed by atoms with Crippen LogP contribution in [0.15, 0.2) is 0 Å². The molecule has 0 spiro atoms. The van der Waals surface area contributed by atoms with Crippen molar-refractivity contribution in [3.8, 4) is 0 Å². The number of hydrogen-bond acceptors (Lipinski definition) is 4. The summed E-state index contributed by atoms with van der Waals surface area (Å²) in [6, 6.07) is 0. The first kappa shape index (κ1) is 13.2. The van der Waals surface area contributed by atoms with Gasteiger partial charge >= 0.3 is 5.51 Å². The van der Waals surface area contributed by atoms with Crippen molar-refractivity contribution < 1.29 is 30.7 Å². The highest BCUT2D eigenvalue weighted by molar-refractivity contribution is 7.86. The van der Waals surface area contributed by atoms with Crippen LogP contribution < -0.4 is 5.32 Å². The van der Waals surface area contributed by atoms with Crippen LogP contribution in [0.25, 0.3) is 0 Å². The van der Waals surface area contributed by atoms with E-state index in [4.69, 9.17) is 13.0 Å². The zero-order chi connectivity index (χ0) is 11.4. The molecular weight excluding hydrogens is 225 g/mol. The van der Waals surface area contributed by atoms with Gasteiger partial charge in [-0.2, -0.15) is 13.2 Å². The van der Waals surface area contributed by atoms with Crippen LogP contribution in [-0.2, 0) is 10.1 Å². The van der Waals surface area contributed by atoms with Crippen molar-refractivity contribution in [2.75, 3.05) is 20.1 Å². The summed E-state index contributed by atoms with van der Waals surface area (Å²) in [7, 11) is -4.03. The van der Waals surface area contributed by atoms with E-state index in [-0.39, 0.29) is 0 Å². The molecule has 1 rings (SSSR count). The van der Waals surface area contributed by atoms with Crippen molar-refractivity contribution in [1.29, 1.82) is 0 Å². The first-order chi connectivity index (χ1) is 6.14. The number of rotatable bonds is 0. The number of hydrogen-bond donors (Lipinski definition) is 1. The Morgan fingerprint density at radius 1 is 1.50 bits per heavy atom. The number of halogens is 3. The van der Waals surface area contributed by atoms with Gasteiger partial charge < -0.3 is 4.55 Å². The molecule has 1 aliphatic rings. The third-order valence-electron chi connectivity index (χ3n) is 1.20. The van der Waals surface area contributed by atoms with Crippen LogP contribution in [0.5, 0.6) is 0 Å². The zero-order valence-corrected chi connectivity index (χ0v) is 8.02. The van der Waals surface area contributed by atoms with Gasteiger partial charge in [0.25, 0.3) is 0 Å². The van der Waals surface area contributed by atoms with E-state index in [2.05, 4.69) is 16.9 Å². The molecule has 0 aromatic carbocycles. The summed E-state index contributed by atoms with van der Waals surface area (Å²) in [4.78, 5) is 0. The van der Waals surface area contributed by atoms with E-state index in [1.807, 2.05) is 6.34 Å². The lowest BCUT2D eigenvalue weighted by Crippen LogP contribution is -2.21. The number of alkyl halides is 3. The standard InChI is InChI=1S/C4H8N2.CHF3O3S/c1-6-3-2-5-4-6;2-1(3,4)8(5,6)7/h4H,2-3H2,1H3;(H,5,6,7). The summed E-state index contributed by atoms with van der Waals surface area (Å²) in [5.41, 5.74) is -5.65. The van der Waals surface area contributed by atoms with Crippen molar-refractivity contribution >= 4 is 16.5 Å². The van der Waals surface area contributed by atoms with E-state index in [0.717, 1.165) is 13.1 Å². The Balaban J connectivity index is 0.000000249. The quantitative estimate of drug-likeness (QED) is 0.342. The summed E-state index contributed by atoms with van der Waals surface area (Å²) in [5, 5.41) is 3.07. The molecule has 0 bridgehead atoms. The van der Waals surface area contributed by atoms with Gasteiger partial charge in [0.05, 0.1) is 7.05 Å². The third-order valence-corrected chi connectivity index (χ3v) is 1.77. The Morgan fingerprint density at radius 3 is 2.00 bits per heavy atom. The second kappa shape index (κ2) is 4.60. The highest BCUT2D eigenvalue weighted by Gasteiger charge is 2.36. The average molecular weight is 234 g/mol. The van der Waals surface area contributed by atoms with E-state index >= 15 is 0 Å². The predicted molar refractivity (Wildman–Crippen MR) is 40.9 cm³/mol. The molecule has 0 radical (unpaired) electrons. The first-order valence-electron chi connectivity index (χ1n) is 3.43. The van der Waals surface area contributed by atoms with E-state index in [1.165, 1.54) is 0 Å². The lowest BCUT2D eigenvalue weighted by atomic mass is 10.7. The second-order valence-electron chi connectivity index (χ2n) is 2.46. The smallest absolute Gasteiger partial charge is 0.485 e. The van der Waals surface area contributed by atoms with E-state index in [9.17, 15) is 13.2 Å². The van der Waals surface area contributed by atoms with Crippen molar-refractivity contribution in [3.63, 3.8) is 0 Å². The fourth-order valence-electron chi connectivity index (χ4n) is 0.526. The Kier molecular flexibility index (Phi) is 4.33. The maximum Gasteiger partial charge on any atom is 0.485 e. The van der Waals surface area contributed by atoms with Crippen LogP contribution in [0.4, 0.5) is 13.2 Å². The molecule has 0 aromatic rings. The van der Waals surface area contributed by atoms with Crippen molar-refractivity contribution in [1.82, 2.24) is 5.32 Å². The number of likely N-dealkylation sites (N-methyl/N-ethyl adjacent to an activating group) is 1. The van der Waals surface area contributed by atoms with Gasteiger partial charge in [-0.1, -0.05) is 0 Å². The van der Waals surface area contributed by atoms with Crippen LogP contribution in [0, 0.1) is 0 Å². The molecule has 0 saturated carbocycles. The maximum absolute atomic E-state index is 10.7. The minimum absolute atomic E-state index is 1.11. The van der Waals surface area contributed by atoms with Crippen molar-refractivity contribution in [2.45, 2.75) is 5.51 Å². The first-order valence-corrected chi connectivity index (χ1v) is 4.84. The molecule has 0 fully saturated rings. The highest BCUT2D eigenvalue weighted by atomic mass is 32.2. The molecule has 14 heavy (non-hydrogen) atoms. The molecule has 1 aliphatic heterocycles. The summed E-state index contributed by atoms with van der Waals surface area (Å²) in [6.07, 6.45) is 1.99. The molecule has 84 valence electrons. The SMILES string of the molecule is C[N+]1=CNCC1.O=S(=O)([O-])C(F)(F)F. The third kappa shape index (κ3) is 5.02. The maximum atomic E-state index is 10.7. The highest BCUT2D eigenvalue weighted by Crippen LogP contribution is 2.20. The Labute approximate surface area is 79.0 Å². The van der Waals surface area contributed by atoms with Crippen molar-refractivity contribution in [3.05, 3.63) is 0 Å². The fraction of sp³-hybridized carbons (Fsp3) is 0.800. The molecule has 0 unspecified atom stereocenters. The fourth-order valence-corrected chi connectivity index (χ4v) is 0.526. The molecule has 5 nitrogen and oxygen atoms in total. The number of nitrogens with zero attached hydrogens (tertiary/aromatic N) is 1. The van der Waals surface area contributed by atoms with Gasteiger partial charge in [-0.25, -0.2) is 8.42 Å². The van der Waals surface area contributed by atoms with E-state index in [0.29, 0.717) is 0 Å². The van der Waals surface area contributed by atoms with Crippen LogP contribution in [0.2, 0.25) is 0 Å². The minimum atomic E-state index is -6.09. The van der Waals surface area contributed by atoms with Crippen molar-refractivity contribution in [2.24, 2.45) is 0 Å². The Hall–Kier alpha value is -0.830. The van der Waals surface area contributed by atoms with Gasteiger partial charge in [0.2, 0.25) is 6.34 Å². The average Bonchev–Trinajstić information content (AvgIpc) is 2.35. The normalized spacial score (nSPS) is 16.5. The van der Waals surface area contributed by atoms with Gasteiger partial charge in [0, 0.05) is 0 Å². The topological polar surface area (TPSA) is 72.2 Å². The molecule has 1 N–H and O–H groups in total. The molecule has 0 atom stereocenters. The number of nitrogens with one attached hydrogen (secondary N) is 1. The molecule has 0 aliphatic carbocycles. The largest absolute Gasteiger partial charge is 0.741 e. The van der Waals surface area contributed by atoms with Crippen LogP contribution in [-0.4, -0.2) is 49.5 Å². The zero-order valence-electron chi connectivity index (χ0n) is 7.21. The van der Waals surface area contributed by atoms with Crippen LogP contribution >= 0.6 is 0 Å². The Bertz CT molecular complexity index is 309. The van der Waals surface area contributed by atoms with E-state index < -0.39 is 15.6 Å². The van der Waals surface area contributed by atoms with Gasteiger partial charge in [-0.3, -0.25) is 9.89 Å². The lowest BCUT2D eigenvalue weighted by molar-refractivity contribution is -0.481.